The Kier molecular flexibility index (Phi) is 14.2. The summed E-state index contributed by atoms with van der Waals surface area (Å²) < 4.78 is 3.50. The maximum atomic E-state index is 11.0. The normalized spacial score (nSPS) is 12.0. The zero-order valence-electron chi connectivity index (χ0n) is 14.5. The summed E-state index contributed by atoms with van der Waals surface area (Å²) in [6, 6.07) is 9.26. The summed E-state index contributed by atoms with van der Waals surface area (Å²) in [7, 11) is 4.34. The second-order valence-electron chi connectivity index (χ2n) is 5.23. The van der Waals surface area contributed by atoms with Crippen molar-refractivity contribution in [2.75, 3.05) is 10.6 Å². The van der Waals surface area contributed by atoms with Crippen molar-refractivity contribution in [3.8, 4) is 0 Å². The van der Waals surface area contributed by atoms with Gasteiger partial charge in [-0.1, -0.05) is 41.4 Å². The van der Waals surface area contributed by atoms with E-state index in [1.165, 1.54) is 0 Å². The predicted molar refractivity (Wildman–Crippen MR) is 138 cm³/mol. The zero-order chi connectivity index (χ0) is 21.3. The number of para-hydroxylation sites is 1. The Labute approximate surface area is 210 Å². The van der Waals surface area contributed by atoms with Gasteiger partial charge < -0.3 is 10.6 Å². The van der Waals surface area contributed by atoms with Gasteiger partial charge in [0.25, 0.3) is 0 Å². The van der Waals surface area contributed by atoms with Crippen LogP contribution < -0.4 is 10.6 Å². The fourth-order valence-electron chi connectivity index (χ4n) is 2.44. The van der Waals surface area contributed by atoms with E-state index in [0.717, 1.165) is 27.0 Å². The third-order valence-electron chi connectivity index (χ3n) is 3.51. The third-order valence-corrected chi connectivity index (χ3v) is 5.11. The number of halogens is 3. The minimum atomic E-state index is 0. The number of nitrogens with zero attached hydrogens (tertiary/aromatic N) is 1. The Morgan fingerprint density at radius 1 is 1.00 bits per heavy atom. The first kappa shape index (κ1) is 28.4. The van der Waals surface area contributed by atoms with Gasteiger partial charge in [0.15, 0.2) is 0 Å². The number of anilines is 2. The number of benzene rings is 2. The van der Waals surface area contributed by atoms with Gasteiger partial charge in [0, 0.05) is 26.8 Å². The molecule has 0 aliphatic carbocycles. The molecule has 2 aromatic carbocycles. The van der Waals surface area contributed by atoms with Crippen LogP contribution >= 0.6 is 65.4 Å². The van der Waals surface area contributed by atoms with E-state index in [1.807, 2.05) is 24.3 Å². The molecule has 29 heavy (non-hydrogen) atoms. The summed E-state index contributed by atoms with van der Waals surface area (Å²) in [5.41, 5.74) is 3.48. The molecule has 2 heterocycles. The van der Waals surface area contributed by atoms with E-state index < -0.39 is 0 Å². The molecule has 2 amide bonds. The van der Waals surface area contributed by atoms with Crippen molar-refractivity contribution in [1.29, 1.82) is 0 Å². The SMILES string of the molecule is O=C1Cc2ccc(Br)c(Cl)c2N1.O=C1Cc2cccc(Cl)c2N1.S.S=S.[B]=NS. The van der Waals surface area contributed by atoms with E-state index in [9.17, 15) is 9.59 Å². The second-order valence-corrected chi connectivity index (χ2v) is 7.11. The molecule has 0 fully saturated rings. The minimum absolute atomic E-state index is 0. The van der Waals surface area contributed by atoms with E-state index in [2.05, 4.69) is 73.7 Å². The summed E-state index contributed by atoms with van der Waals surface area (Å²) in [6.45, 7) is 0. The molecule has 13 heteroatoms. The molecule has 2 aliphatic rings. The van der Waals surface area contributed by atoms with Gasteiger partial charge >= 0.3 is 24.8 Å². The van der Waals surface area contributed by atoms with E-state index in [-0.39, 0.29) is 25.3 Å². The van der Waals surface area contributed by atoms with Crippen molar-refractivity contribution < 1.29 is 9.59 Å². The molecule has 0 unspecified atom stereocenters. The van der Waals surface area contributed by atoms with Crippen molar-refractivity contribution in [2.24, 2.45) is 4.30 Å². The topological polar surface area (TPSA) is 70.6 Å². The zero-order valence-corrected chi connectivity index (χ0v) is 21.2. The van der Waals surface area contributed by atoms with Crippen LogP contribution in [0.5, 0.6) is 0 Å². The molecule has 153 valence electrons. The van der Waals surface area contributed by atoms with Crippen molar-refractivity contribution in [3.05, 3.63) is 56.0 Å². The second kappa shape index (κ2) is 14.5. The number of thiol groups is 1. The Morgan fingerprint density at radius 2 is 1.48 bits per heavy atom. The summed E-state index contributed by atoms with van der Waals surface area (Å²) in [4.78, 5) is 21.9. The monoisotopic (exact) mass is 568 g/mol. The van der Waals surface area contributed by atoms with Gasteiger partial charge in [-0.05, 0) is 39.2 Å². The number of amides is 2. The van der Waals surface area contributed by atoms with Crippen LogP contribution in [0, 0.1) is 0 Å². The van der Waals surface area contributed by atoms with Crippen molar-refractivity contribution >= 4 is 119 Å². The fourth-order valence-corrected chi connectivity index (χ4v) is 3.25. The molecule has 0 atom stereocenters. The van der Waals surface area contributed by atoms with Gasteiger partial charge in [0.05, 0.1) is 34.3 Å². The molecule has 0 bridgehead atoms. The van der Waals surface area contributed by atoms with Gasteiger partial charge in [-0.25, -0.2) is 0 Å². The van der Waals surface area contributed by atoms with Crippen molar-refractivity contribution in [3.63, 3.8) is 0 Å². The summed E-state index contributed by atoms with van der Waals surface area (Å²) in [5, 5.41) is 6.60. The van der Waals surface area contributed by atoms with E-state index in [1.54, 1.807) is 6.07 Å². The Hall–Kier alpha value is -0.555. The van der Waals surface area contributed by atoms with Crippen molar-refractivity contribution in [1.82, 2.24) is 0 Å². The maximum absolute atomic E-state index is 11.0. The number of hydrogen-bond acceptors (Lipinski definition) is 6. The first-order valence-electron chi connectivity index (χ1n) is 7.42. The Balaban J connectivity index is 0.000000433. The number of rotatable bonds is 0. The van der Waals surface area contributed by atoms with Crippen LogP contribution in [-0.4, -0.2) is 19.5 Å². The molecular weight excluding hydrogens is 556 g/mol. The number of hydrogen-bond donors (Lipinski definition) is 3. The van der Waals surface area contributed by atoms with Crippen LogP contribution in [0.1, 0.15) is 11.1 Å². The van der Waals surface area contributed by atoms with Crippen LogP contribution in [0.15, 0.2) is 39.1 Å². The average Bonchev–Trinajstić information content (AvgIpc) is 3.24. The Morgan fingerprint density at radius 3 is 2.00 bits per heavy atom. The quantitative estimate of drug-likeness (QED) is 0.317. The molecule has 2 N–H and O–H groups in total. The number of carbonyl (C=O) groups is 2. The molecule has 2 aromatic rings. The molecule has 0 spiro atoms. The van der Waals surface area contributed by atoms with Gasteiger partial charge in [-0.3, -0.25) is 9.59 Å². The standard InChI is InChI=1S/C8H5BrClNO.C8H6ClNO.BHNS.S2.H2S/c9-5-2-1-4-3-6(12)11-8(4)7(5)10;9-6-3-1-2-5-4-7(11)10-8(5)6;1-2-3;1-2;/h1-2H,3H2,(H,11,12);1-3H,4H2,(H,10,11);3H;;1H2. The van der Waals surface area contributed by atoms with E-state index >= 15 is 0 Å². The summed E-state index contributed by atoms with van der Waals surface area (Å²) in [6.07, 6.45) is 0.887. The molecule has 1 radical (unpaired) electrons. The van der Waals surface area contributed by atoms with Crippen LogP contribution in [0.4, 0.5) is 11.4 Å². The first-order valence-corrected chi connectivity index (χ1v) is 10.7. The van der Waals surface area contributed by atoms with Gasteiger partial charge in [0.1, 0.15) is 0 Å². The fraction of sp³-hybridized carbons (Fsp3) is 0.125. The molecule has 4 rings (SSSR count). The average molecular weight is 570 g/mol. The molecular formula is C16H14BBrCl2N3O2S4. The third kappa shape index (κ3) is 8.24. The van der Waals surface area contributed by atoms with E-state index in [4.69, 9.17) is 23.2 Å². The molecule has 5 nitrogen and oxygen atoms in total. The molecule has 0 aromatic heterocycles. The number of fused-ring (bicyclic) bond motifs is 2. The van der Waals surface area contributed by atoms with Crippen LogP contribution in [0.2, 0.25) is 10.0 Å². The van der Waals surface area contributed by atoms with E-state index in [0.29, 0.717) is 22.9 Å². The molecule has 2 aliphatic heterocycles. The number of carbonyl (C=O) groups excluding carboxylic acids is 2. The summed E-state index contributed by atoms with van der Waals surface area (Å²) in [5.74, 6) is 0.0260. The van der Waals surface area contributed by atoms with Crippen LogP contribution in [-0.2, 0) is 44.8 Å². The van der Waals surface area contributed by atoms with Gasteiger partial charge in [0.2, 0.25) is 11.8 Å². The molecule has 0 saturated carbocycles. The van der Waals surface area contributed by atoms with Crippen LogP contribution in [0.25, 0.3) is 0 Å². The first-order chi connectivity index (χ1) is 13.4. The van der Waals surface area contributed by atoms with Crippen molar-refractivity contribution in [2.45, 2.75) is 12.8 Å². The predicted octanol–water partition coefficient (Wildman–Crippen LogP) is 4.72. The van der Waals surface area contributed by atoms with Gasteiger partial charge in [-0.15, -0.1) is 0 Å². The number of nitrogens with one attached hydrogen (secondary N) is 2. The Bertz CT molecular complexity index is 909. The van der Waals surface area contributed by atoms with Crippen LogP contribution in [0.3, 0.4) is 0 Å². The summed E-state index contributed by atoms with van der Waals surface area (Å²) >= 11 is 25.6. The molecule has 0 saturated heterocycles. The van der Waals surface area contributed by atoms with Gasteiger partial charge in [-0.2, -0.15) is 13.5 Å².